The average molecular weight is 427 g/mol. The number of nitrogens with two attached hydrogens (primary N) is 1. The van der Waals surface area contributed by atoms with E-state index in [1.807, 2.05) is 50.2 Å². The van der Waals surface area contributed by atoms with Gasteiger partial charge in [-0.2, -0.15) is 0 Å². The van der Waals surface area contributed by atoms with E-state index < -0.39 is 0 Å². The number of ether oxygens (including phenoxy) is 1. The van der Waals surface area contributed by atoms with Crippen molar-refractivity contribution < 1.29 is 9.84 Å². The Kier molecular flexibility index (Phi) is 7.15. The minimum atomic E-state index is 0. The van der Waals surface area contributed by atoms with Gasteiger partial charge in [-0.15, -0.1) is 24.0 Å². The highest BCUT2D eigenvalue weighted by molar-refractivity contribution is 14.0. The van der Waals surface area contributed by atoms with E-state index in [9.17, 15) is 5.11 Å². The second-order valence-electron chi connectivity index (χ2n) is 5.14. The zero-order valence-corrected chi connectivity index (χ0v) is 15.8. The molecule has 0 spiro atoms. The molecule has 124 valence electrons. The Hall–Kier alpha value is -1.96. The molecule has 6 heteroatoms. The smallest absolute Gasteiger partial charge is 0.193 e. The number of hydrogen-bond donors (Lipinski definition) is 3. The third-order valence-corrected chi connectivity index (χ3v) is 3.32. The van der Waals surface area contributed by atoms with Gasteiger partial charge in [0.2, 0.25) is 0 Å². The van der Waals surface area contributed by atoms with Crippen LogP contribution >= 0.6 is 24.0 Å². The van der Waals surface area contributed by atoms with Crippen molar-refractivity contribution in [1.29, 1.82) is 0 Å². The van der Waals surface area contributed by atoms with E-state index in [1.54, 1.807) is 7.11 Å². The lowest BCUT2D eigenvalue weighted by atomic mass is 10.1. The van der Waals surface area contributed by atoms with Gasteiger partial charge in [-0.25, -0.2) is 4.99 Å². The van der Waals surface area contributed by atoms with E-state index in [2.05, 4.69) is 10.3 Å². The second kappa shape index (κ2) is 8.61. The number of phenols is 1. The summed E-state index contributed by atoms with van der Waals surface area (Å²) in [4.78, 5) is 4.32. The van der Waals surface area contributed by atoms with Gasteiger partial charge in [0.15, 0.2) is 5.96 Å². The number of aromatic hydroxyl groups is 1. The van der Waals surface area contributed by atoms with Crippen molar-refractivity contribution in [3.63, 3.8) is 0 Å². The van der Waals surface area contributed by atoms with E-state index in [0.717, 1.165) is 28.1 Å². The number of aliphatic imine (C=N–C) groups is 1. The molecule has 4 N–H and O–H groups in total. The molecule has 0 unspecified atom stereocenters. The average Bonchev–Trinajstić information content (AvgIpc) is 2.50. The van der Waals surface area contributed by atoms with Crippen LogP contribution in [0.15, 0.2) is 41.4 Å². The fourth-order valence-electron chi connectivity index (χ4n) is 2.20. The Morgan fingerprint density at radius 1 is 1.22 bits per heavy atom. The first-order valence-electron chi connectivity index (χ1n) is 6.99. The Bertz CT molecular complexity index is 679. The topological polar surface area (TPSA) is 79.9 Å². The number of nitrogens with one attached hydrogen (secondary N) is 1. The summed E-state index contributed by atoms with van der Waals surface area (Å²) in [5.41, 5.74) is 9.40. The molecule has 5 nitrogen and oxygen atoms in total. The predicted octanol–water partition coefficient (Wildman–Crippen LogP) is 3.56. The minimum absolute atomic E-state index is 0. The number of hydrogen-bond acceptors (Lipinski definition) is 3. The molecule has 23 heavy (non-hydrogen) atoms. The first kappa shape index (κ1) is 19.1. The fourth-order valence-corrected chi connectivity index (χ4v) is 2.20. The molecule has 0 aliphatic carbocycles. The Balaban J connectivity index is 0.00000264. The molecule has 2 rings (SSSR count). The van der Waals surface area contributed by atoms with Gasteiger partial charge in [-0.05, 0) is 42.7 Å². The van der Waals surface area contributed by atoms with Gasteiger partial charge < -0.3 is 20.9 Å². The molecule has 0 fully saturated rings. The number of methoxy groups -OCH3 is 1. The highest BCUT2D eigenvalue weighted by atomic mass is 127. The third-order valence-electron chi connectivity index (χ3n) is 3.32. The minimum Gasteiger partial charge on any atom is -0.507 e. The normalized spacial score (nSPS) is 10.8. The lowest BCUT2D eigenvalue weighted by Crippen LogP contribution is -2.22. The van der Waals surface area contributed by atoms with Crippen LogP contribution in [0.2, 0.25) is 0 Å². The van der Waals surface area contributed by atoms with Crippen molar-refractivity contribution in [2.24, 2.45) is 10.7 Å². The van der Waals surface area contributed by atoms with Crippen LogP contribution in [0.4, 0.5) is 5.69 Å². The molecule has 0 radical (unpaired) electrons. The Labute approximate surface area is 153 Å². The molecular formula is C17H22IN3O2. The highest BCUT2D eigenvalue weighted by Crippen LogP contribution is 2.23. The molecule has 0 saturated carbocycles. The summed E-state index contributed by atoms with van der Waals surface area (Å²) in [7, 11) is 1.62. The molecular weight excluding hydrogens is 405 g/mol. The maximum absolute atomic E-state index is 9.77. The maximum Gasteiger partial charge on any atom is 0.193 e. The SMILES string of the molecule is COc1cccc(NC(N)=NCc2cc(C)c(O)c(C)c2)c1.I. The van der Waals surface area contributed by atoms with Crippen LogP contribution in [0, 0.1) is 13.8 Å². The molecule has 0 atom stereocenters. The fraction of sp³-hybridized carbons (Fsp3) is 0.235. The van der Waals surface area contributed by atoms with Crippen molar-refractivity contribution in [2.75, 3.05) is 12.4 Å². The molecule has 0 heterocycles. The van der Waals surface area contributed by atoms with Gasteiger partial charge in [-0.3, -0.25) is 0 Å². The molecule has 0 amide bonds. The molecule has 2 aromatic rings. The van der Waals surface area contributed by atoms with Crippen LogP contribution in [0.5, 0.6) is 11.5 Å². The predicted molar refractivity (Wildman–Crippen MR) is 105 cm³/mol. The number of halogens is 1. The summed E-state index contributed by atoms with van der Waals surface area (Å²) < 4.78 is 5.16. The number of nitrogens with zero attached hydrogens (tertiary/aromatic N) is 1. The van der Waals surface area contributed by atoms with Gasteiger partial charge in [0, 0.05) is 11.8 Å². The van der Waals surface area contributed by atoms with E-state index >= 15 is 0 Å². The zero-order chi connectivity index (χ0) is 16.1. The van der Waals surface area contributed by atoms with Crippen LogP contribution < -0.4 is 15.8 Å². The summed E-state index contributed by atoms with van der Waals surface area (Å²) >= 11 is 0. The first-order chi connectivity index (χ1) is 10.5. The van der Waals surface area contributed by atoms with Crippen molar-refractivity contribution >= 4 is 35.6 Å². The third kappa shape index (κ3) is 5.31. The molecule has 2 aromatic carbocycles. The standard InChI is InChI=1S/C17H21N3O2.HI/c1-11-7-13(8-12(2)16(11)21)10-19-17(18)20-14-5-4-6-15(9-14)22-3;/h4-9,21H,10H2,1-3H3,(H3,18,19,20);1H. The second-order valence-corrected chi connectivity index (χ2v) is 5.14. The molecule has 0 aromatic heterocycles. The van der Waals surface area contributed by atoms with Gasteiger partial charge in [0.1, 0.15) is 11.5 Å². The first-order valence-corrected chi connectivity index (χ1v) is 6.99. The summed E-state index contributed by atoms with van der Waals surface area (Å²) in [5.74, 6) is 1.41. The van der Waals surface area contributed by atoms with Crippen LogP contribution in [0.3, 0.4) is 0 Å². The molecule has 0 aliphatic heterocycles. The number of phenolic OH excluding ortho intramolecular Hbond substituents is 1. The van der Waals surface area contributed by atoms with E-state index in [1.165, 1.54) is 0 Å². The van der Waals surface area contributed by atoms with Crippen LogP contribution in [-0.2, 0) is 6.54 Å². The monoisotopic (exact) mass is 427 g/mol. The number of anilines is 1. The summed E-state index contributed by atoms with van der Waals surface area (Å²) in [5, 5.41) is 12.8. The van der Waals surface area contributed by atoms with Crippen molar-refractivity contribution in [3.05, 3.63) is 53.1 Å². The number of rotatable bonds is 4. The zero-order valence-electron chi connectivity index (χ0n) is 13.5. The summed E-state index contributed by atoms with van der Waals surface area (Å²) in [6, 6.07) is 11.3. The molecule has 0 bridgehead atoms. The number of guanidine groups is 1. The van der Waals surface area contributed by atoms with Gasteiger partial charge >= 0.3 is 0 Å². The summed E-state index contributed by atoms with van der Waals surface area (Å²) in [6.45, 7) is 4.19. The maximum atomic E-state index is 9.77. The van der Waals surface area contributed by atoms with Gasteiger partial charge in [0.25, 0.3) is 0 Å². The Morgan fingerprint density at radius 3 is 2.48 bits per heavy atom. The highest BCUT2D eigenvalue weighted by Gasteiger charge is 2.03. The number of aryl methyl sites for hydroxylation is 2. The van der Waals surface area contributed by atoms with Crippen molar-refractivity contribution in [3.8, 4) is 11.5 Å². The largest absolute Gasteiger partial charge is 0.507 e. The van der Waals surface area contributed by atoms with Gasteiger partial charge in [0.05, 0.1) is 13.7 Å². The van der Waals surface area contributed by atoms with Gasteiger partial charge in [-0.1, -0.05) is 18.2 Å². The molecule has 0 saturated heterocycles. The van der Waals surface area contributed by atoms with Crippen molar-refractivity contribution in [2.45, 2.75) is 20.4 Å². The van der Waals surface area contributed by atoms with Crippen molar-refractivity contribution in [1.82, 2.24) is 0 Å². The van der Waals surface area contributed by atoms with E-state index in [-0.39, 0.29) is 24.0 Å². The quantitative estimate of drug-likeness (QED) is 0.396. The lowest BCUT2D eigenvalue weighted by molar-refractivity contribution is 0.415. The molecule has 0 aliphatic rings. The lowest BCUT2D eigenvalue weighted by Gasteiger charge is -2.09. The number of benzene rings is 2. The van der Waals surface area contributed by atoms with E-state index in [4.69, 9.17) is 10.5 Å². The summed E-state index contributed by atoms with van der Waals surface area (Å²) in [6.07, 6.45) is 0. The Morgan fingerprint density at radius 2 is 1.87 bits per heavy atom. The van der Waals surface area contributed by atoms with Crippen LogP contribution in [0.1, 0.15) is 16.7 Å². The van der Waals surface area contributed by atoms with Crippen LogP contribution in [0.25, 0.3) is 0 Å². The van der Waals surface area contributed by atoms with Crippen LogP contribution in [-0.4, -0.2) is 18.2 Å². The van der Waals surface area contributed by atoms with E-state index in [0.29, 0.717) is 18.3 Å².